The third-order valence-corrected chi connectivity index (χ3v) is 4.55. The maximum Gasteiger partial charge on any atom is 0.254 e. The minimum Gasteiger partial charge on any atom is -0.396 e. The van der Waals surface area contributed by atoms with E-state index in [0.717, 1.165) is 17.3 Å². The molecule has 3 aromatic rings. The Hall–Kier alpha value is -3.22. The lowest BCUT2D eigenvalue weighted by Gasteiger charge is -2.17. The largest absolute Gasteiger partial charge is 0.396 e. The smallest absolute Gasteiger partial charge is 0.254 e. The van der Waals surface area contributed by atoms with Crippen LogP contribution in [0.25, 0.3) is 10.9 Å². The molecule has 1 aliphatic heterocycles. The summed E-state index contributed by atoms with van der Waals surface area (Å²) >= 11 is 0. The molecule has 1 atom stereocenters. The van der Waals surface area contributed by atoms with E-state index in [9.17, 15) is 9.18 Å². The fourth-order valence-corrected chi connectivity index (χ4v) is 3.13. The molecule has 6 nitrogen and oxygen atoms in total. The molecular formula is C19H18FN5O. The summed E-state index contributed by atoms with van der Waals surface area (Å²) in [6, 6.07) is 12.0. The number of amides is 1. The second-order valence-electron chi connectivity index (χ2n) is 6.37. The predicted molar refractivity (Wildman–Crippen MR) is 98.3 cm³/mol. The highest BCUT2D eigenvalue weighted by Crippen LogP contribution is 2.19. The molecule has 1 amide bonds. The summed E-state index contributed by atoms with van der Waals surface area (Å²) in [5, 5.41) is 4.26. The van der Waals surface area contributed by atoms with Crippen molar-refractivity contribution in [3.63, 3.8) is 0 Å². The van der Waals surface area contributed by atoms with Gasteiger partial charge in [0.15, 0.2) is 0 Å². The van der Waals surface area contributed by atoms with Crippen LogP contribution in [-0.4, -0.2) is 39.9 Å². The van der Waals surface area contributed by atoms with E-state index >= 15 is 0 Å². The van der Waals surface area contributed by atoms with E-state index in [1.165, 1.54) is 12.1 Å². The number of carbonyl (C=O) groups is 1. The highest BCUT2D eigenvalue weighted by atomic mass is 19.1. The molecule has 0 spiro atoms. The molecule has 0 bridgehead atoms. The summed E-state index contributed by atoms with van der Waals surface area (Å²) in [7, 11) is 0. The lowest BCUT2D eigenvalue weighted by atomic mass is 10.2. The zero-order valence-corrected chi connectivity index (χ0v) is 14.0. The van der Waals surface area contributed by atoms with Crippen molar-refractivity contribution in [1.29, 1.82) is 0 Å². The van der Waals surface area contributed by atoms with Crippen LogP contribution in [0.5, 0.6) is 0 Å². The van der Waals surface area contributed by atoms with Gasteiger partial charge in [0.1, 0.15) is 5.82 Å². The number of aromatic nitrogens is 2. The molecule has 3 N–H and O–H groups in total. The van der Waals surface area contributed by atoms with Gasteiger partial charge in [0, 0.05) is 36.3 Å². The average molecular weight is 351 g/mol. The van der Waals surface area contributed by atoms with Crippen LogP contribution >= 0.6 is 0 Å². The van der Waals surface area contributed by atoms with E-state index in [1.807, 2.05) is 24.3 Å². The van der Waals surface area contributed by atoms with Crippen LogP contribution in [0.3, 0.4) is 0 Å². The number of para-hydroxylation sites is 1. The number of halogens is 1. The maximum absolute atomic E-state index is 13.6. The number of nitrogen functional groups attached to an aromatic ring is 1. The predicted octanol–water partition coefficient (Wildman–Crippen LogP) is 2.68. The number of nitrogens with zero attached hydrogens (tertiary/aromatic N) is 3. The number of fused-ring (bicyclic) bond motifs is 1. The zero-order valence-electron chi connectivity index (χ0n) is 14.0. The molecule has 1 aliphatic rings. The summed E-state index contributed by atoms with van der Waals surface area (Å²) in [6.45, 7) is 1.11. The van der Waals surface area contributed by atoms with Crippen LogP contribution in [-0.2, 0) is 0 Å². The molecule has 1 fully saturated rings. The fourth-order valence-electron chi connectivity index (χ4n) is 3.13. The summed E-state index contributed by atoms with van der Waals surface area (Å²) in [5.74, 6) is -0.233. The minimum absolute atomic E-state index is 0.0379. The number of anilines is 2. The third-order valence-electron chi connectivity index (χ3n) is 4.55. The van der Waals surface area contributed by atoms with E-state index in [1.54, 1.807) is 17.2 Å². The maximum atomic E-state index is 13.6. The van der Waals surface area contributed by atoms with Gasteiger partial charge in [-0.1, -0.05) is 18.2 Å². The van der Waals surface area contributed by atoms with Gasteiger partial charge in [-0.05, 0) is 30.7 Å². The summed E-state index contributed by atoms with van der Waals surface area (Å²) in [6.07, 6.45) is 2.55. The van der Waals surface area contributed by atoms with Crippen molar-refractivity contribution in [2.75, 3.05) is 24.1 Å². The van der Waals surface area contributed by atoms with E-state index in [4.69, 9.17) is 5.73 Å². The lowest BCUT2D eigenvalue weighted by molar-refractivity contribution is 0.0791. The van der Waals surface area contributed by atoms with Gasteiger partial charge in [0.2, 0.25) is 5.95 Å². The quantitative estimate of drug-likeness (QED) is 0.709. The van der Waals surface area contributed by atoms with Gasteiger partial charge in [0.25, 0.3) is 5.91 Å². The molecule has 132 valence electrons. The van der Waals surface area contributed by atoms with Crippen LogP contribution in [0.4, 0.5) is 16.0 Å². The number of likely N-dealkylation sites (tertiary alicyclic amines) is 1. The SMILES string of the molecule is Nc1ccc(C(=O)N2CC[C@H](Nc3ncc4ccccc4n3)C2)cc1F. The highest BCUT2D eigenvalue weighted by Gasteiger charge is 2.27. The number of hydrogen-bond acceptors (Lipinski definition) is 5. The van der Waals surface area contributed by atoms with Crippen molar-refractivity contribution in [2.45, 2.75) is 12.5 Å². The molecule has 0 unspecified atom stereocenters. The van der Waals surface area contributed by atoms with Gasteiger partial charge in [-0.15, -0.1) is 0 Å². The molecular weight excluding hydrogens is 333 g/mol. The fraction of sp³-hybridized carbons (Fsp3) is 0.211. The third kappa shape index (κ3) is 3.15. The van der Waals surface area contributed by atoms with Crippen LogP contribution in [0.1, 0.15) is 16.8 Å². The topological polar surface area (TPSA) is 84.1 Å². The van der Waals surface area contributed by atoms with Gasteiger partial charge >= 0.3 is 0 Å². The Balaban J connectivity index is 1.44. The Labute approximate surface area is 149 Å². The first-order valence-corrected chi connectivity index (χ1v) is 8.43. The van der Waals surface area contributed by atoms with Crippen LogP contribution in [0, 0.1) is 5.82 Å². The lowest BCUT2D eigenvalue weighted by Crippen LogP contribution is -2.32. The first-order chi connectivity index (χ1) is 12.6. The monoisotopic (exact) mass is 351 g/mol. The summed E-state index contributed by atoms with van der Waals surface area (Å²) in [5.41, 5.74) is 6.68. The van der Waals surface area contributed by atoms with Crippen molar-refractivity contribution < 1.29 is 9.18 Å². The molecule has 2 aromatic carbocycles. The molecule has 1 saturated heterocycles. The van der Waals surface area contributed by atoms with E-state index < -0.39 is 5.82 Å². The highest BCUT2D eigenvalue weighted by molar-refractivity contribution is 5.94. The Morgan fingerprint density at radius 2 is 2.12 bits per heavy atom. The molecule has 26 heavy (non-hydrogen) atoms. The molecule has 0 saturated carbocycles. The molecule has 4 rings (SSSR count). The van der Waals surface area contributed by atoms with Crippen LogP contribution < -0.4 is 11.1 Å². The van der Waals surface area contributed by atoms with Crippen molar-refractivity contribution in [1.82, 2.24) is 14.9 Å². The number of rotatable bonds is 3. The van der Waals surface area contributed by atoms with Crippen molar-refractivity contribution >= 4 is 28.4 Å². The standard InChI is InChI=1S/C19H18FN5O/c20-15-9-12(5-6-16(15)21)18(26)25-8-7-14(11-25)23-19-22-10-13-3-1-2-4-17(13)24-19/h1-6,9-10,14H,7-8,11,21H2,(H,22,23,24)/t14-/m0/s1. The molecule has 0 radical (unpaired) electrons. The number of benzene rings is 2. The van der Waals surface area contributed by atoms with Crippen molar-refractivity contribution in [2.24, 2.45) is 0 Å². The number of nitrogens with one attached hydrogen (secondary N) is 1. The Kier molecular flexibility index (Phi) is 4.12. The molecule has 1 aromatic heterocycles. The second kappa shape index (κ2) is 6.59. The van der Waals surface area contributed by atoms with Crippen molar-refractivity contribution in [3.05, 3.63) is 60.0 Å². The van der Waals surface area contributed by atoms with Gasteiger partial charge in [0.05, 0.1) is 11.2 Å². The van der Waals surface area contributed by atoms with Crippen LogP contribution in [0.2, 0.25) is 0 Å². The minimum atomic E-state index is -0.575. The molecule has 2 heterocycles. The second-order valence-corrected chi connectivity index (χ2v) is 6.37. The van der Waals surface area contributed by atoms with Crippen molar-refractivity contribution in [3.8, 4) is 0 Å². The number of nitrogens with two attached hydrogens (primary N) is 1. The normalized spacial score (nSPS) is 16.8. The number of carbonyl (C=O) groups excluding carboxylic acids is 1. The Morgan fingerprint density at radius 1 is 1.27 bits per heavy atom. The van der Waals surface area contributed by atoms with E-state index in [-0.39, 0.29) is 17.6 Å². The van der Waals surface area contributed by atoms with Gasteiger partial charge in [-0.25, -0.2) is 14.4 Å². The van der Waals surface area contributed by atoms with Gasteiger partial charge < -0.3 is 16.0 Å². The average Bonchev–Trinajstić information content (AvgIpc) is 3.12. The molecule has 7 heteroatoms. The van der Waals surface area contributed by atoms with Crippen LogP contribution in [0.15, 0.2) is 48.7 Å². The first kappa shape index (κ1) is 16.3. The Morgan fingerprint density at radius 3 is 2.96 bits per heavy atom. The summed E-state index contributed by atoms with van der Waals surface area (Å²) in [4.78, 5) is 23.1. The van der Waals surface area contributed by atoms with E-state index in [2.05, 4.69) is 15.3 Å². The first-order valence-electron chi connectivity index (χ1n) is 8.43. The van der Waals surface area contributed by atoms with Gasteiger partial charge in [-0.2, -0.15) is 0 Å². The number of hydrogen-bond donors (Lipinski definition) is 2. The van der Waals surface area contributed by atoms with Gasteiger partial charge in [-0.3, -0.25) is 4.79 Å². The summed E-state index contributed by atoms with van der Waals surface area (Å²) < 4.78 is 13.6. The molecule has 0 aliphatic carbocycles. The zero-order chi connectivity index (χ0) is 18.1. The Bertz CT molecular complexity index is 977. The van der Waals surface area contributed by atoms with E-state index in [0.29, 0.717) is 24.6 Å².